The predicted octanol–water partition coefficient (Wildman–Crippen LogP) is 3.56. The number of aromatic hydroxyl groups is 1. The van der Waals surface area contributed by atoms with E-state index in [9.17, 15) is 18.3 Å². The van der Waals surface area contributed by atoms with Crippen LogP contribution in [0.5, 0.6) is 5.75 Å². The monoisotopic (exact) mass is 344 g/mol. The molecule has 1 aliphatic heterocycles. The topological polar surface area (TPSA) is 24.7 Å². The molecule has 0 aromatic heterocycles. The molecule has 0 bridgehead atoms. The molecule has 2 aromatic rings. The van der Waals surface area contributed by atoms with E-state index in [-0.39, 0.29) is 18.7 Å². The first-order valence-electron chi connectivity index (χ1n) is 7.65. The normalized spacial score (nSPS) is 22.4. The zero-order valence-corrected chi connectivity index (χ0v) is 13.2. The van der Waals surface area contributed by atoms with Crippen molar-refractivity contribution in [3.63, 3.8) is 0 Å². The summed E-state index contributed by atoms with van der Waals surface area (Å²) in [4.78, 5) is 0.834. The number of rotatable bonds is 2. The number of hydrogen-bond acceptors (Lipinski definition) is 1. The molecule has 2 N–H and O–H groups in total. The summed E-state index contributed by atoms with van der Waals surface area (Å²) < 4.78 is 38.8. The molecule has 0 aliphatic carbocycles. The van der Waals surface area contributed by atoms with Gasteiger partial charge in [-0.05, 0) is 18.9 Å². The molecule has 0 saturated carbocycles. The highest BCUT2D eigenvalue weighted by molar-refractivity contribution is 6.35. The second-order valence-electron chi connectivity index (χ2n) is 6.17. The van der Waals surface area contributed by atoms with Gasteiger partial charge in [0, 0.05) is 15.8 Å². The molecule has 2 nitrogen and oxygen atoms in total. The standard InChI is InChI=1S/C17H17ClF3NO/c18-15-8-11(16(23)14-6-2-1-5-13(14)15)9-22-7-3-4-12(10-22)17(19,20)21/h1-2,5-6,8,12,23H,3-4,7,9-10H2/p+1/t12-/m0/s1. The first kappa shape index (κ1) is 16.4. The van der Waals surface area contributed by atoms with Crippen LogP contribution in [0.1, 0.15) is 18.4 Å². The van der Waals surface area contributed by atoms with Gasteiger partial charge in [-0.2, -0.15) is 13.2 Å². The number of phenolic OH excluding ortho intramolecular Hbond substituents is 1. The Hall–Kier alpha value is -1.46. The quantitative estimate of drug-likeness (QED) is 0.855. The van der Waals surface area contributed by atoms with Crippen molar-refractivity contribution in [2.45, 2.75) is 25.6 Å². The van der Waals surface area contributed by atoms with Crippen molar-refractivity contribution in [3.8, 4) is 5.75 Å². The number of phenols is 1. The molecule has 124 valence electrons. The average molecular weight is 345 g/mol. The van der Waals surface area contributed by atoms with Gasteiger partial charge in [-0.25, -0.2) is 0 Å². The lowest BCUT2D eigenvalue weighted by Crippen LogP contribution is -3.12. The molecule has 0 amide bonds. The van der Waals surface area contributed by atoms with E-state index in [1.165, 1.54) is 0 Å². The van der Waals surface area contributed by atoms with Gasteiger partial charge in [0.1, 0.15) is 18.2 Å². The minimum absolute atomic E-state index is 0.0490. The third-order valence-corrected chi connectivity index (χ3v) is 4.88. The molecule has 1 unspecified atom stereocenters. The van der Waals surface area contributed by atoms with E-state index in [4.69, 9.17) is 11.6 Å². The highest BCUT2D eigenvalue weighted by atomic mass is 35.5. The molecule has 1 fully saturated rings. The van der Waals surface area contributed by atoms with Crippen molar-refractivity contribution >= 4 is 22.4 Å². The number of halogens is 4. The molecule has 1 aliphatic rings. The van der Waals surface area contributed by atoms with Crippen molar-refractivity contribution in [2.24, 2.45) is 5.92 Å². The maximum absolute atomic E-state index is 12.9. The highest BCUT2D eigenvalue weighted by Crippen LogP contribution is 2.34. The molecule has 3 rings (SSSR count). The number of alkyl halides is 3. The minimum Gasteiger partial charge on any atom is -0.507 e. The molecule has 1 heterocycles. The highest BCUT2D eigenvalue weighted by Gasteiger charge is 2.43. The second-order valence-corrected chi connectivity index (χ2v) is 6.58. The summed E-state index contributed by atoms with van der Waals surface area (Å²) in [5, 5.41) is 12.3. The lowest BCUT2D eigenvalue weighted by molar-refractivity contribution is -0.924. The van der Waals surface area contributed by atoms with E-state index in [2.05, 4.69) is 0 Å². The summed E-state index contributed by atoms with van der Waals surface area (Å²) in [6.07, 6.45) is -3.41. The molecule has 2 aromatic carbocycles. The van der Waals surface area contributed by atoms with Crippen LogP contribution in [-0.2, 0) is 6.54 Å². The van der Waals surface area contributed by atoms with Crippen LogP contribution in [0.25, 0.3) is 10.8 Å². The summed E-state index contributed by atoms with van der Waals surface area (Å²) in [6, 6.07) is 8.88. The number of benzene rings is 2. The van der Waals surface area contributed by atoms with E-state index in [0.29, 0.717) is 35.5 Å². The van der Waals surface area contributed by atoms with Gasteiger partial charge in [0.05, 0.1) is 18.7 Å². The molecular weight excluding hydrogens is 327 g/mol. The Bertz CT molecular complexity index is 717. The van der Waals surface area contributed by atoms with E-state index < -0.39 is 12.1 Å². The third kappa shape index (κ3) is 3.40. The molecule has 6 heteroatoms. The minimum atomic E-state index is -4.14. The number of hydrogen-bond donors (Lipinski definition) is 2. The lowest BCUT2D eigenvalue weighted by Gasteiger charge is -2.31. The number of piperidine rings is 1. The molecule has 0 spiro atoms. The fourth-order valence-corrected chi connectivity index (χ4v) is 3.66. The number of nitrogens with one attached hydrogen (secondary N) is 1. The van der Waals surface area contributed by atoms with Crippen LogP contribution in [-0.4, -0.2) is 24.4 Å². The molecule has 23 heavy (non-hydrogen) atoms. The number of likely N-dealkylation sites (tertiary alicyclic amines) is 1. The van der Waals surface area contributed by atoms with Crippen LogP contribution in [0.15, 0.2) is 30.3 Å². The van der Waals surface area contributed by atoms with Gasteiger partial charge < -0.3 is 10.0 Å². The first-order chi connectivity index (χ1) is 10.9. The van der Waals surface area contributed by atoms with Crippen LogP contribution in [0, 0.1) is 5.92 Å². The summed E-state index contributed by atoms with van der Waals surface area (Å²) in [5.41, 5.74) is 0.603. The van der Waals surface area contributed by atoms with Gasteiger partial charge in [0.15, 0.2) is 0 Å². The van der Waals surface area contributed by atoms with Crippen LogP contribution >= 0.6 is 11.6 Å². The lowest BCUT2D eigenvalue weighted by atomic mass is 9.96. The third-order valence-electron chi connectivity index (χ3n) is 4.57. The SMILES string of the molecule is Oc1c(C[NH+]2CCC[C@H](C(F)(F)F)C2)cc(Cl)c2ccccc12. The fraction of sp³-hybridized carbons (Fsp3) is 0.412. The van der Waals surface area contributed by atoms with Crippen molar-refractivity contribution in [2.75, 3.05) is 13.1 Å². The molecular formula is C17H18ClF3NO+. The Kier molecular flexibility index (Phi) is 4.43. The van der Waals surface area contributed by atoms with Crippen molar-refractivity contribution in [3.05, 3.63) is 40.9 Å². The second kappa shape index (κ2) is 6.21. The van der Waals surface area contributed by atoms with Gasteiger partial charge in [0.25, 0.3) is 0 Å². The van der Waals surface area contributed by atoms with Gasteiger partial charge in [-0.3, -0.25) is 0 Å². The van der Waals surface area contributed by atoms with E-state index in [0.717, 1.165) is 10.3 Å². The van der Waals surface area contributed by atoms with Gasteiger partial charge >= 0.3 is 6.18 Å². The fourth-order valence-electron chi connectivity index (χ4n) is 3.37. The Labute approximate surface area is 137 Å². The Morgan fingerprint density at radius 1 is 1.22 bits per heavy atom. The molecule has 1 saturated heterocycles. The van der Waals surface area contributed by atoms with Gasteiger partial charge in [-0.1, -0.05) is 35.9 Å². The van der Waals surface area contributed by atoms with Crippen molar-refractivity contribution in [1.29, 1.82) is 0 Å². The summed E-state index contributed by atoms with van der Waals surface area (Å²) in [7, 11) is 0. The van der Waals surface area contributed by atoms with Gasteiger partial charge in [-0.15, -0.1) is 0 Å². The van der Waals surface area contributed by atoms with Gasteiger partial charge in [0.2, 0.25) is 0 Å². The van der Waals surface area contributed by atoms with Crippen LogP contribution in [0.4, 0.5) is 13.2 Å². The summed E-state index contributed by atoms with van der Waals surface area (Å²) >= 11 is 6.25. The Balaban J connectivity index is 1.85. The maximum atomic E-state index is 12.9. The maximum Gasteiger partial charge on any atom is 0.397 e. The number of quaternary nitrogens is 1. The van der Waals surface area contributed by atoms with Crippen LogP contribution in [0.2, 0.25) is 5.02 Å². The summed E-state index contributed by atoms with van der Waals surface area (Å²) in [5.74, 6) is -1.14. The smallest absolute Gasteiger partial charge is 0.397 e. The van der Waals surface area contributed by atoms with E-state index in [1.807, 2.05) is 12.1 Å². The van der Waals surface area contributed by atoms with Crippen LogP contribution in [0.3, 0.4) is 0 Å². The number of fused-ring (bicyclic) bond motifs is 1. The van der Waals surface area contributed by atoms with Crippen molar-refractivity contribution < 1.29 is 23.2 Å². The first-order valence-corrected chi connectivity index (χ1v) is 8.03. The molecule has 0 radical (unpaired) electrons. The molecule has 2 atom stereocenters. The zero-order valence-electron chi connectivity index (χ0n) is 12.5. The van der Waals surface area contributed by atoms with E-state index >= 15 is 0 Å². The van der Waals surface area contributed by atoms with E-state index in [1.54, 1.807) is 18.2 Å². The largest absolute Gasteiger partial charge is 0.507 e. The zero-order chi connectivity index (χ0) is 16.6. The predicted molar refractivity (Wildman–Crippen MR) is 83.8 cm³/mol. The Morgan fingerprint density at radius 3 is 2.61 bits per heavy atom. The van der Waals surface area contributed by atoms with Crippen LogP contribution < -0.4 is 4.90 Å². The average Bonchev–Trinajstić information content (AvgIpc) is 2.52. The summed E-state index contributed by atoms with van der Waals surface area (Å²) in [6.45, 7) is 1.08. The Morgan fingerprint density at radius 2 is 1.91 bits per heavy atom. The van der Waals surface area contributed by atoms with Crippen molar-refractivity contribution in [1.82, 2.24) is 0 Å².